The molecular weight excluding hydrogens is 310 g/mol. The molecule has 5 heteroatoms. The van der Waals surface area contributed by atoms with Crippen LogP contribution in [-0.2, 0) is 11.2 Å². The highest BCUT2D eigenvalue weighted by atomic mass is 79.9. The Morgan fingerprint density at radius 2 is 2.05 bits per heavy atom. The monoisotopic (exact) mass is 329 g/mol. The molecule has 0 saturated heterocycles. The highest BCUT2D eigenvalue weighted by Gasteiger charge is 2.16. The summed E-state index contributed by atoms with van der Waals surface area (Å²) in [7, 11) is 1.63. The van der Waals surface area contributed by atoms with Crippen molar-refractivity contribution in [2.75, 3.05) is 17.8 Å². The number of nitrogens with one attached hydrogen (secondary N) is 1. The largest absolute Gasteiger partial charge is 0.496 e. The van der Waals surface area contributed by atoms with Gasteiger partial charge in [0.25, 0.3) is 0 Å². The number of amides is 1. The van der Waals surface area contributed by atoms with Crippen LogP contribution in [0.4, 0.5) is 10.5 Å². The lowest BCUT2D eigenvalue weighted by molar-refractivity contribution is 0.0636. The maximum Gasteiger partial charge on any atom is 0.412 e. The molecule has 4 nitrogen and oxygen atoms in total. The second-order valence-electron chi connectivity index (χ2n) is 5.09. The average Bonchev–Trinajstić information content (AvgIpc) is 2.27. The zero-order chi connectivity index (χ0) is 14.5. The summed E-state index contributed by atoms with van der Waals surface area (Å²) in [5, 5.41) is 3.55. The normalized spacial score (nSPS) is 11.0. The van der Waals surface area contributed by atoms with Gasteiger partial charge in [0.05, 0.1) is 7.11 Å². The van der Waals surface area contributed by atoms with Crippen LogP contribution in [-0.4, -0.2) is 24.1 Å². The molecule has 0 atom stereocenters. The highest BCUT2D eigenvalue weighted by molar-refractivity contribution is 9.09. The van der Waals surface area contributed by atoms with E-state index in [2.05, 4.69) is 21.2 Å². The summed E-state index contributed by atoms with van der Waals surface area (Å²) in [4.78, 5) is 11.7. The number of aryl methyl sites for hydroxylation is 1. The fraction of sp³-hybridized carbons (Fsp3) is 0.500. The number of carbonyl (C=O) groups excluding carboxylic acids is 1. The number of alkyl halides is 1. The topological polar surface area (TPSA) is 47.6 Å². The van der Waals surface area contributed by atoms with Gasteiger partial charge in [0.2, 0.25) is 0 Å². The van der Waals surface area contributed by atoms with E-state index >= 15 is 0 Å². The lowest BCUT2D eigenvalue weighted by atomic mass is 10.1. The van der Waals surface area contributed by atoms with Gasteiger partial charge in [-0.05, 0) is 51.0 Å². The first kappa shape index (κ1) is 15.8. The highest BCUT2D eigenvalue weighted by Crippen LogP contribution is 2.24. The van der Waals surface area contributed by atoms with E-state index in [1.54, 1.807) is 13.2 Å². The number of hydrogen-bond acceptors (Lipinski definition) is 3. The molecule has 19 heavy (non-hydrogen) atoms. The second kappa shape index (κ2) is 6.80. The number of rotatable bonds is 4. The van der Waals surface area contributed by atoms with Crippen LogP contribution in [0.3, 0.4) is 0 Å². The van der Waals surface area contributed by atoms with E-state index in [0.29, 0.717) is 5.69 Å². The Morgan fingerprint density at radius 3 is 2.58 bits per heavy atom. The molecule has 0 fully saturated rings. The Morgan fingerprint density at radius 1 is 1.37 bits per heavy atom. The van der Waals surface area contributed by atoms with Gasteiger partial charge >= 0.3 is 6.09 Å². The Balaban J connectivity index is 2.79. The summed E-state index contributed by atoms with van der Waals surface area (Å²) in [5.41, 5.74) is 1.23. The molecule has 1 rings (SSSR count). The smallest absolute Gasteiger partial charge is 0.412 e. The molecule has 0 spiro atoms. The van der Waals surface area contributed by atoms with Crippen LogP contribution in [0.5, 0.6) is 5.75 Å². The standard InChI is InChI=1S/C14H20BrNO3/c1-14(2,3)19-13(17)16-11-5-6-12(18-4)10(9-11)7-8-15/h5-6,9H,7-8H2,1-4H3,(H,16,17). The van der Waals surface area contributed by atoms with Gasteiger partial charge in [-0.3, -0.25) is 5.32 Å². The first-order chi connectivity index (χ1) is 8.85. The number of benzene rings is 1. The van der Waals surface area contributed by atoms with E-state index in [0.717, 1.165) is 23.1 Å². The van der Waals surface area contributed by atoms with E-state index in [1.807, 2.05) is 32.9 Å². The first-order valence-electron chi connectivity index (χ1n) is 6.08. The number of halogens is 1. The summed E-state index contributed by atoms with van der Waals surface area (Å²) < 4.78 is 10.5. The van der Waals surface area contributed by atoms with E-state index in [1.165, 1.54) is 0 Å². The number of ether oxygens (including phenoxy) is 2. The molecule has 0 bridgehead atoms. The molecule has 0 aromatic heterocycles. The number of anilines is 1. The molecule has 1 N–H and O–H groups in total. The van der Waals surface area contributed by atoms with Crippen LogP contribution in [0.25, 0.3) is 0 Å². The van der Waals surface area contributed by atoms with Crippen LogP contribution in [0.15, 0.2) is 18.2 Å². The fourth-order valence-electron chi connectivity index (χ4n) is 1.57. The van der Waals surface area contributed by atoms with Crippen LogP contribution in [0.1, 0.15) is 26.3 Å². The van der Waals surface area contributed by atoms with E-state index in [-0.39, 0.29) is 0 Å². The van der Waals surface area contributed by atoms with Crippen molar-refractivity contribution < 1.29 is 14.3 Å². The van der Waals surface area contributed by atoms with Crippen molar-refractivity contribution in [1.29, 1.82) is 0 Å². The summed E-state index contributed by atoms with van der Waals surface area (Å²) >= 11 is 3.40. The third-order valence-electron chi connectivity index (χ3n) is 2.29. The Labute approximate surface area is 122 Å². The van der Waals surface area contributed by atoms with Gasteiger partial charge in [0, 0.05) is 11.0 Å². The van der Waals surface area contributed by atoms with Crippen LogP contribution in [0, 0.1) is 0 Å². The van der Waals surface area contributed by atoms with Crippen molar-refractivity contribution >= 4 is 27.7 Å². The molecule has 1 aromatic carbocycles. The third-order valence-corrected chi connectivity index (χ3v) is 2.69. The van der Waals surface area contributed by atoms with E-state index < -0.39 is 11.7 Å². The van der Waals surface area contributed by atoms with Crippen LogP contribution >= 0.6 is 15.9 Å². The third kappa shape index (κ3) is 5.51. The maximum atomic E-state index is 11.7. The molecule has 0 heterocycles. The number of hydrogen-bond donors (Lipinski definition) is 1. The molecule has 1 aromatic rings. The quantitative estimate of drug-likeness (QED) is 0.850. The second-order valence-corrected chi connectivity index (χ2v) is 5.89. The molecule has 0 aliphatic heterocycles. The minimum atomic E-state index is -0.505. The Hall–Kier alpha value is -1.23. The summed E-state index contributed by atoms with van der Waals surface area (Å²) in [6, 6.07) is 5.52. The van der Waals surface area contributed by atoms with Gasteiger partial charge < -0.3 is 9.47 Å². The molecular formula is C14H20BrNO3. The molecule has 0 radical (unpaired) electrons. The zero-order valence-electron chi connectivity index (χ0n) is 11.7. The van der Waals surface area contributed by atoms with E-state index in [9.17, 15) is 4.79 Å². The van der Waals surface area contributed by atoms with Gasteiger partial charge in [0.1, 0.15) is 11.4 Å². The molecule has 0 aliphatic rings. The molecule has 106 valence electrons. The van der Waals surface area contributed by atoms with Crippen molar-refractivity contribution in [2.24, 2.45) is 0 Å². The van der Waals surface area contributed by atoms with Crippen molar-refractivity contribution in [2.45, 2.75) is 32.8 Å². The van der Waals surface area contributed by atoms with Crippen molar-refractivity contribution in [1.82, 2.24) is 0 Å². The van der Waals surface area contributed by atoms with Gasteiger partial charge in [-0.2, -0.15) is 0 Å². The van der Waals surface area contributed by atoms with Crippen LogP contribution < -0.4 is 10.1 Å². The lowest BCUT2D eigenvalue weighted by Gasteiger charge is -2.20. The predicted molar refractivity (Wildman–Crippen MR) is 80.3 cm³/mol. The summed E-state index contributed by atoms with van der Waals surface area (Å²) in [6.07, 6.45) is 0.370. The SMILES string of the molecule is COc1ccc(NC(=O)OC(C)(C)C)cc1CCBr. The minimum Gasteiger partial charge on any atom is -0.496 e. The van der Waals surface area contributed by atoms with E-state index in [4.69, 9.17) is 9.47 Å². The van der Waals surface area contributed by atoms with Crippen molar-refractivity contribution in [3.8, 4) is 5.75 Å². The number of carbonyl (C=O) groups is 1. The van der Waals surface area contributed by atoms with Gasteiger partial charge in [-0.15, -0.1) is 0 Å². The maximum absolute atomic E-state index is 11.7. The Bertz CT molecular complexity index is 441. The predicted octanol–water partition coefficient (Wildman–Crippen LogP) is 3.98. The average molecular weight is 330 g/mol. The summed E-state index contributed by atoms with van der Waals surface area (Å²) in [5.74, 6) is 0.814. The Kier molecular flexibility index (Phi) is 5.66. The van der Waals surface area contributed by atoms with Crippen LogP contribution in [0.2, 0.25) is 0 Å². The van der Waals surface area contributed by atoms with Crippen molar-refractivity contribution in [3.63, 3.8) is 0 Å². The van der Waals surface area contributed by atoms with Gasteiger partial charge in [-0.1, -0.05) is 15.9 Å². The van der Waals surface area contributed by atoms with Gasteiger partial charge in [-0.25, -0.2) is 4.79 Å². The lowest BCUT2D eigenvalue weighted by Crippen LogP contribution is -2.27. The van der Waals surface area contributed by atoms with Crippen molar-refractivity contribution in [3.05, 3.63) is 23.8 Å². The van der Waals surface area contributed by atoms with Gasteiger partial charge in [0.15, 0.2) is 0 Å². The first-order valence-corrected chi connectivity index (χ1v) is 7.21. The molecule has 0 unspecified atom stereocenters. The minimum absolute atomic E-state index is 0.456. The molecule has 0 aliphatic carbocycles. The zero-order valence-corrected chi connectivity index (χ0v) is 13.3. The fourth-order valence-corrected chi connectivity index (χ4v) is 2.00. The molecule has 0 saturated carbocycles. The molecule has 1 amide bonds. The number of methoxy groups -OCH3 is 1. The summed E-state index contributed by atoms with van der Waals surface area (Å²) in [6.45, 7) is 5.49.